The summed E-state index contributed by atoms with van der Waals surface area (Å²) in [5.41, 5.74) is 2.94. The minimum absolute atomic E-state index is 0.0606. The number of benzene rings is 1. The van der Waals surface area contributed by atoms with Gasteiger partial charge in [-0.25, -0.2) is 0 Å². The molecule has 0 aromatic heterocycles. The van der Waals surface area contributed by atoms with Crippen molar-refractivity contribution in [3.05, 3.63) is 22.8 Å². The fourth-order valence-electron chi connectivity index (χ4n) is 3.70. The minimum Gasteiger partial charge on any atom is -0.496 e. The molecule has 3 aliphatic heterocycles. The number of nitrogens with one attached hydrogen (secondary N) is 2. The summed E-state index contributed by atoms with van der Waals surface area (Å²) in [6.07, 6.45) is 2.15. The second kappa shape index (κ2) is 4.12. The van der Waals surface area contributed by atoms with E-state index in [1.807, 2.05) is 6.07 Å². The number of fused-ring (bicyclic) bond motifs is 4. The van der Waals surface area contributed by atoms with E-state index in [2.05, 4.69) is 10.6 Å². The molecule has 1 saturated heterocycles. The van der Waals surface area contributed by atoms with Crippen LogP contribution in [0.4, 0.5) is 0 Å². The molecule has 0 atom stereocenters. The molecule has 3 heterocycles. The van der Waals surface area contributed by atoms with Gasteiger partial charge in [0.15, 0.2) is 0 Å². The van der Waals surface area contributed by atoms with Crippen molar-refractivity contribution >= 4 is 5.91 Å². The van der Waals surface area contributed by atoms with Gasteiger partial charge in [-0.05, 0) is 32.0 Å². The monoisotopic (exact) mass is 274 g/mol. The van der Waals surface area contributed by atoms with Gasteiger partial charge in [0.05, 0.1) is 19.3 Å². The Morgan fingerprint density at radius 2 is 2.15 bits per heavy atom. The summed E-state index contributed by atoms with van der Waals surface area (Å²) >= 11 is 0. The number of carbonyl (C=O) groups excluding carboxylic acids is 1. The van der Waals surface area contributed by atoms with Gasteiger partial charge in [0.2, 0.25) is 0 Å². The Bertz CT molecular complexity index is 591. The largest absolute Gasteiger partial charge is 0.496 e. The molecule has 5 nitrogen and oxygen atoms in total. The number of amides is 1. The Morgan fingerprint density at radius 3 is 2.90 bits per heavy atom. The lowest BCUT2D eigenvalue weighted by molar-refractivity contribution is 0.0963. The van der Waals surface area contributed by atoms with Gasteiger partial charge in [0, 0.05) is 23.1 Å². The van der Waals surface area contributed by atoms with Crippen LogP contribution in [0, 0.1) is 0 Å². The van der Waals surface area contributed by atoms with Crippen molar-refractivity contribution in [3.63, 3.8) is 0 Å². The molecule has 20 heavy (non-hydrogen) atoms. The third-order valence-corrected chi connectivity index (χ3v) is 4.84. The van der Waals surface area contributed by atoms with E-state index in [1.54, 1.807) is 7.11 Å². The van der Waals surface area contributed by atoms with Crippen LogP contribution in [-0.2, 0) is 12.0 Å². The summed E-state index contributed by atoms with van der Waals surface area (Å²) < 4.78 is 11.5. The highest BCUT2D eigenvalue weighted by Gasteiger charge is 2.45. The maximum absolute atomic E-state index is 12.0. The lowest BCUT2D eigenvalue weighted by Crippen LogP contribution is -2.40. The van der Waals surface area contributed by atoms with Gasteiger partial charge in [0.25, 0.3) is 5.91 Å². The Hall–Kier alpha value is -1.75. The summed E-state index contributed by atoms with van der Waals surface area (Å²) in [6.45, 7) is 3.29. The number of hydrogen-bond acceptors (Lipinski definition) is 4. The predicted molar refractivity (Wildman–Crippen MR) is 73.4 cm³/mol. The van der Waals surface area contributed by atoms with E-state index in [1.165, 1.54) is 5.56 Å². The highest BCUT2D eigenvalue weighted by molar-refractivity contribution is 6.02. The summed E-state index contributed by atoms with van der Waals surface area (Å²) in [4.78, 5) is 12.0. The fourth-order valence-corrected chi connectivity index (χ4v) is 3.70. The Balaban J connectivity index is 1.90. The van der Waals surface area contributed by atoms with Crippen molar-refractivity contribution in [2.75, 3.05) is 26.8 Å². The van der Waals surface area contributed by atoms with Gasteiger partial charge in [-0.1, -0.05) is 0 Å². The zero-order valence-corrected chi connectivity index (χ0v) is 11.5. The van der Waals surface area contributed by atoms with Crippen LogP contribution >= 0.6 is 0 Å². The minimum atomic E-state index is -0.0606. The van der Waals surface area contributed by atoms with E-state index in [-0.39, 0.29) is 11.3 Å². The van der Waals surface area contributed by atoms with Crippen LogP contribution in [0.2, 0.25) is 0 Å². The molecular formula is C15H18N2O3. The maximum atomic E-state index is 12.0. The molecule has 0 saturated carbocycles. The molecule has 5 heteroatoms. The van der Waals surface area contributed by atoms with Crippen LogP contribution in [-0.4, -0.2) is 32.7 Å². The lowest BCUT2D eigenvalue weighted by Gasteiger charge is -2.32. The van der Waals surface area contributed by atoms with E-state index >= 15 is 0 Å². The first-order valence-electron chi connectivity index (χ1n) is 7.11. The van der Waals surface area contributed by atoms with E-state index < -0.39 is 0 Å². The molecule has 1 aromatic carbocycles. The van der Waals surface area contributed by atoms with Crippen molar-refractivity contribution in [3.8, 4) is 11.5 Å². The number of carbonyl (C=O) groups is 1. The summed E-state index contributed by atoms with van der Waals surface area (Å²) in [6, 6.07) is 2.03. The average molecular weight is 274 g/mol. The van der Waals surface area contributed by atoms with Crippen LogP contribution in [0.3, 0.4) is 0 Å². The molecule has 4 rings (SSSR count). The highest BCUT2D eigenvalue weighted by Crippen LogP contribution is 2.50. The molecule has 1 aromatic rings. The van der Waals surface area contributed by atoms with Crippen molar-refractivity contribution in [2.24, 2.45) is 0 Å². The van der Waals surface area contributed by atoms with Crippen LogP contribution in [0.5, 0.6) is 11.5 Å². The lowest BCUT2D eigenvalue weighted by atomic mass is 9.74. The van der Waals surface area contributed by atoms with E-state index in [4.69, 9.17) is 9.47 Å². The molecule has 0 radical (unpaired) electrons. The van der Waals surface area contributed by atoms with Gasteiger partial charge >= 0.3 is 0 Å². The SMILES string of the molecule is COc1cc2c(c3c1C(=O)NC3)OCC21CCNCC1. The molecule has 2 N–H and O–H groups in total. The van der Waals surface area contributed by atoms with Gasteiger partial charge in [-0.2, -0.15) is 0 Å². The first-order valence-corrected chi connectivity index (χ1v) is 7.11. The smallest absolute Gasteiger partial charge is 0.255 e. The van der Waals surface area contributed by atoms with Crippen LogP contribution in [0.25, 0.3) is 0 Å². The van der Waals surface area contributed by atoms with Crippen molar-refractivity contribution in [2.45, 2.75) is 24.8 Å². The van der Waals surface area contributed by atoms with Crippen molar-refractivity contribution in [1.29, 1.82) is 0 Å². The molecule has 106 valence electrons. The summed E-state index contributed by atoms with van der Waals surface area (Å²) in [5, 5.41) is 6.27. The average Bonchev–Trinajstić information content (AvgIpc) is 3.02. The number of rotatable bonds is 1. The standard InChI is InChI=1S/C15H18N2O3/c1-19-11-6-10-13(9-7-17-14(18)12(9)11)20-8-15(10)2-4-16-5-3-15/h6,16H,2-5,7-8H2,1H3,(H,17,18). The summed E-state index contributed by atoms with van der Waals surface area (Å²) in [7, 11) is 1.62. The van der Waals surface area contributed by atoms with E-state index in [9.17, 15) is 4.79 Å². The van der Waals surface area contributed by atoms with Crippen molar-refractivity contribution < 1.29 is 14.3 Å². The molecule has 0 unspecified atom stereocenters. The normalized spacial score (nSPS) is 22.1. The Morgan fingerprint density at radius 1 is 1.35 bits per heavy atom. The molecule has 3 aliphatic rings. The number of piperidine rings is 1. The van der Waals surface area contributed by atoms with Crippen LogP contribution < -0.4 is 20.1 Å². The van der Waals surface area contributed by atoms with Gasteiger partial charge in [-0.3, -0.25) is 4.79 Å². The molecule has 0 aliphatic carbocycles. The molecule has 1 fully saturated rings. The summed E-state index contributed by atoms with van der Waals surface area (Å²) in [5.74, 6) is 1.53. The predicted octanol–water partition coefficient (Wildman–Crippen LogP) is 0.952. The second-order valence-corrected chi connectivity index (χ2v) is 5.81. The van der Waals surface area contributed by atoms with Crippen LogP contribution in [0.1, 0.15) is 34.3 Å². The maximum Gasteiger partial charge on any atom is 0.255 e. The first kappa shape index (κ1) is 12.0. The van der Waals surface area contributed by atoms with Crippen LogP contribution in [0.15, 0.2) is 6.07 Å². The molecule has 0 bridgehead atoms. The Kier molecular flexibility index (Phi) is 2.48. The molecule has 1 amide bonds. The Labute approximate surface area is 117 Å². The zero-order valence-electron chi connectivity index (χ0n) is 11.5. The third kappa shape index (κ3) is 1.44. The third-order valence-electron chi connectivity index (χ3n) is 4.84. The number of hydrogen-bond donors (Lipinski definition) is 2. The van der Waals surface area contributed by atoms with Gasteiger partial charge in [-0.15, -0.1) is 0 Å². The molecular weight excluding hydrogens is 256 g/mol. The zero-order chi connectivity index (χ0) is 13.7. The second-order valence-electron chi connectivity index (χ2n) is 5.81. The quantitative estimate of drug-likeness (QED) is 0.800. The highest BCUT2D eigenvalue weighted by atomic mass is 16.5. The van der Waals surface area contributed by atoms with E-state index in [0.717, 1.165) is 43.9 Å². The molecule has 1 spiro atoms. The van der Waals surface area contributed by atoms with E-state index in [0.29, 0.717) is 17.9 Å². The van der Waals surface area contributed by atoms with Crippen molar-refractivity contribution in [1.82, 2.24) is 10.6 Å². The van der Waals surface area contributed by atoms with Gasteiger partial charge in [0.1, 0.15) is 11.5 Å². The topological polar surface area (TPSA) is 59.6 Å². The first-order chi connectivity index (χ1) is 9.75. The number of ether oxygens (including phenoxy) is 2. The fraction of sp³-hybridized carbons (Fsp3) is 0.533. The van der Waals surface area contributed by atoms with Gasteiger partial charge < -0.3 is 20.1 Å². The number of methoxy groups -OCH3 is 1.